The van der Waals surface area contributed by atoms with Crippen LogP contribution in [-0.4, -0.2) is 21.1 Å². The van der Waals surface area contributed by atoms with Gasteiger partial charge >= 0.3 is 0 Å². The average Bonchev–Trinajstić information content (AvgIpc) is 3.51. The maximum Gasteiger partial charge on any atom is 0.120 e. The fourth-order valence-corrected chi connectivity index (χ4v) is 5.12. The molecule has 0 aliphatic heterocycles. The summed E-state index contributed by atoms with van der Waals surface area (Å²) in [4.78, 5) is 0. The topological polar surface area (TPSA) is 67.0 Å². The van der Waals surface area contributed by atoms with E-state index in [1.807, 2.05) is 42.5 Å². The van der Waals surface area contributed by atoms with E-state index in [1.54, 1.807) is 7.11 Å². The monoisotopic (exact) mass is 405 g/mol. The number of hydrogen-bond acceptors (Lipinski definition) is 3. The number of fused-ring (bicyclic) bond motifs is 1. The van der Waals surface area contributed by atoms with Gasteiger partial charge in [0.25, 0.3) is 0 Å². The lowest BCUT2D eigenvalue weighted by Crippen LogP contribution is -2.17. The zero-order valence-corrected chi connectivity index (χ0v) is 17.2. The van der Waals surface area contributed by atoms with E-state index in [1.165, 1.54) is 6.42 Å². The van der Waals surface area contributed by atoms with E-state index >= 15 is 0 Å². The second-order valence-electron chi connectivity index (χ2n) is 7.85. The number of ether oxygens (including phenoxy) is 1. The first kappa shape index (κ1) is 18.3. The van der Waals surface area contributed by atoms with Crippen molar-refractivity contribution in [1.82, 2.24) is 4.57 Å². The number of anilines is 1. The van der Waals surface area contributed by atoms with Crippen molar-refractivity contribution in [2.75, 3.05) is 11.8 Å². The molecule has 2 saturated carbocycles. The molecule has 0 radical (unpaired) electrons. The number of methoxy groups -OCH3 is 1. The Kier molecular flexibility index (Phi) is 4.56. The number of rotatable bonds is 6. The number of nitriles is 1. The summed E-state index contributed by atoms with van der Waals surface area (Å²) >= 11 is 0. The van der Waals surface area contributed by atoms with Crippen molar-refractivity contribution in [2.45, 2.75) is 43.4 Å². The normalized spacial score (nSPS) is 17.5. The standard InChI is InChI=1S/C23H23N3O2S/c1-28-18-9-12-20-21(14-24)23(26(22(20)13-18)17-3-2-4-17)15-5-7-16(8-6-15)25-29(27)19-10-11-19/h5-9,12-13,17,19,25H,2-4,10-11H2,1H3. The third-order valence-corrected chi connectivity index (χ3v) is 7.48. The highest BCUT2D eigenvalue weighted by Gasteiger charge is 2.29. The van der Waals surface area contributed by atoms with Gasteiger partial charge in [-0.2, -0.15) is 5.26 Å². The molecule has 0 spiro atoms. The van der Waals surface area contributed by atoms with E-state index in [-0.39, 0.29) is 5.25 Å². The Hall–Kier alpha value is -2.78. The van der Waals surface area contributed by atoms with Crippen LogP contribution in [-0.2, 0) is 11.0 Å². The van der Waals surface area contributed by atoms with Gasteiger partial charge in [-0.25, -0.2) is 4.21 Å². The van der Waals surface area contributed by atoms with Gasteiger partial charge in [-0.3, -0.25) is 0 Å². The molecule has 29 heavy (non-hydrogen) atoms. The van der Waals surface area contributed by atoms with Crippen LogP contribution < -0.4 is 9.46 Å². The van der Waals surface area contributed by atoms with Gasteiger partial charge in [0.1, 0.15) is 22.8 Å². The van der Waals surface area contributed by atoms with Crippen LogP contribution in [0.3, 0.4) is 0 Å². The summed E-state index contributed by atoms with van der Waals surface area (Å²) in [6, 6.07) is 16.7. The third-order valence-electron chi connectivity index (χ3n) is 5.97. The van der Waals surface area contributed by atoms with Crippen molar-refractivity contribution >= 4 is 27.6 Å². The zero-order chi connectivity index (χ0) is 20.0. The van der Waals surface area contributed by atoms with Crippen molar-refractivity contribution in [2.24, 2.45) is 0 Å². The Bertz CT molecular complexity index is 1140. The summed E-state index contributed by atoms with van der Waals surface area (Å²) in [5.41, 5.74) is 4.58. The van der Waals surface area contributed by atoms with Crippen LogP contribution in [0.5, 0.6) is 5.75 Å². The molecular weight excluding hydrogens is 382 g/mol. The second-order valence-corrected chi connectivity index (χ2v) is 9.32. The van der Waals surface area contributed by atoms with E-state index < -0.39 is 11.0 Å². The Morgan fingerprint density at radius 3 is 2.48 bits per heavy atom. The number of nitrogens with one attached hydrogen (secondary N) is 1. The molecule has 0 bridgehead atoms. The maximum absolute atomic E-state index is 12.1. The van der Waals surface area contributed by atoms with Gasteiger partial charge in [0.05, 0.1) is 29.1 Å². The van der Waals surface area contributed by atoms with E-state index in [9.17, 15) is 9.47 Å². The van der Waals surface area contributed by atoms with E-state index in [0.717, 1.165) is 59.3 Å². The smallest absolute Gasteiger partial charge is 0.120 e. The lowest BCUT2D eigenvalue weighted by molar-refractivity contribution is 0.324. The van der Waals surface area contributed by atoms with Gasteiger partial charge in [-0.05, 0) is 61.9 Å². The molecule has 0 amide bonds. The molecule has 1 N–H and O–H groups in total. The van der Waals surface area contributed by atoms with Crippen LogP contribution in [0, 0.1) is 11.3 Å². The summed E-state index contributed by atoms with van der Waals surface area (Å²) in [5.74, 6) is 0.800. The molecule has 1 heterocycles. The van der Waals surface area contributed by atoms with Crippen molar-refractivity contribution in [3.8, 4) is 23.1 Å². The summed E-state index contributed by atoms with van der Waals surface area (Å²) < 4.78 is 23.0. The average molecular weight is 406 g/mol. The van der Waals surface area contributed by atoms with E-state index in [4.69, 9.17) is 4.74 Å². The molecule has 1 atom stereocenters. The molecule has 3 aromatic rings. The summed E-state index contributed by atoms with van der Waals surface area (Å²) in [6.45, 7) is 0. The molecule has 2 aromatic carbocycles. The molecule has 2 aliphatic rings. The lowest BCUT2D eigenvalue weighted by atomic mass is 9.92. The van der Waals surface area contributed by atoms with E-state index in [0.29, 0.717) is 11.6 Å². The first-order valence-electron chi connectivity index (χ1n) is 10.1. The van der Waals surface area contributed by atoms with Crippen molar-refractivity contribution < 1.29 is 8.95 Å². The van der Waals surface area contributed by atoms with Gasteiger partial charge in [0.15, 0.2) is 0 Å². The van der Waals surface area contributed by atoms with Crippen LogP contribution in [0.15, 0.2) is 42.5 Å². The second kappa shape index (κ2) is 7.23. The highest BCUT2D eigenvalue weighted by Crippen LogP contribution is 2.43. The third kappa shape index (κ3) is 3.20. The minimum Gasteiger partial charge on any atom is -0.497 e. The van der Waals surface area contributed by atoms with Crippen LogP contribution >= 0.6 is 0 Å². The number of nitrogens with zero attached hydrogens (tertiary/aromatic N) is 2. The minimum atomic E-state index is -1.01. The maximum atomic E-state index is 12.1. The molecule has 5 nitrogen and oxygen atoms in total. The predicted octanol–water partition coefficient (Wildman–Crippen LogP) is 5.15. The Labute approximate surface area is 172 Å². The molecule has 0 saturated heterocycles. The van der Waals surface area contributed by atoms with Gasteiger partial charge < -0.3 is 14.0 Å². The quantitative estimate of drug-likeness (QED) is 0.616. The van der Waals surface area contributed by atoms with E-state index in [2.05, 4.69) is 15.4 Å². The molecule has 6 heteroatoms. The minimum absolute atomic E-state index is 0.288. The van der Waals surface area contributed by atoms with Crippen LogP contribution in [0.2, 0.25) is 0 Å². The van der Waals surface area contributed by atoms with Crippen LogP contribution in [0.1, 0.15) is 43.7 Å². The molecular formula is C23H23N3O2S. The first-order valence-corrected chi connectivity index (χ1v) is 11.3. The fraction of sp³-hybridized carbons (Fsp3) is 0.348. The number of aromatic nitrogens is 1. The molecule has 2 aliphatic carbocycles. The fourth-order valence-electron chi connectivity index (χ4n) is 4.02. The van der Waals surface area contributed by atoms with Gasteiger partial charge in [0, 0.05) is 23.2 Å². The van der Waals surface area contributed by atoms with Gasteiger partial charge in [0.2, 0.25) is 0 Å². The lowest BCUT2D eigenvalue weighted by Gasteiger charge is -2.30. The summed E-state index contributed by atoms with van der Waals surface area (Å²) in [7, 11) is 0.658. The summed E-state index contributed by atoms with van der Waals surface area (Å²) in [5, 5.41) is 11.2. The molecule has 2 fully saturated rings. The number of hydrogen-bond donors (Lipinski definition) is 1. The van der Waals surface area contributed by atoms with Crippen LogP contribution in [0.25, 0.3) is 22.2 Å². The van der Waals surface area contributed by atoms with Crippen LogP contribution in [0.4, 0.5) is 5.69 Å². The highest BCUT2D eigenvalue weighted by molar-refractivity contribution is 7.87. The predicted molar refractivity (Wildman–Crippen MR) is 116 cm³/mol. The Morgan fingerprint density at radius 1 is 1.14 bits per heavy atom. The van der Waals surface area contributed by atoms with Crippen molar-refractivity contribution in [3.63, 3.8) is 0 Å². The van der Waals surface area contributed by atoms with Gasteiger partial charge in [-0.1, -0.05) is 12.1 Å². The first-order chi connectivity index (χ1) is 14.2. The number of benzene rings is 2. The van der Waals surface area contributed by atoms with Crippen molar-refractivity contribution in [1.29, 1.82) is 5.26 Å². The Balaban J connectivity index is 1.61. The summed E-state index contributed by atoms with van der Waals surface area (Å²) in [6.07, 6.45) is 5.53. The zero-order valence-electron chi connectivity index (χ0n) is 16.4. The van der Waals surface area contributed by atoms with Gasteiger partial charge in [-0.15, -0.1) is 0 Å². The largest absolute Gasteiger partial charge is 0.497 e. The highest BCUT2D eigenvalue weighted by atomic mass is 32.2. The van der Waals surface area contributed by atoms with Crippen molar-refractivity contribution in [3.05, 3.63) is 48.0 Å². The Morgan fingerprint density at radius 2 is 1.90 bits per heavy atom. The SMILES string of the molecule is COc1ccc2c(C#N)c(-c3ccc(NS(=O)C4CC4)cc3)n(C3CCC3)c2c1. The molecule has 148 valence electrons. The molecule has 5 rings (SSSR count). The molecule has 1 aromatic heterocycles. The molecule has 1 unspecified atom stereocenters.